The summed E-state index contributed by atoms with van der Waals surface area (Å²) in [6, 6.07) is 2.22. The normalized spacial score (nSPS) is 13.4. The number of fused-ring (bicyclic) bond motifs is 1. The highest BCUT2D eigenvalue weighted by atomic mass is 32.1. The summed E-state index contributed by atoms with van der Waals surface area (Å²) in [7, 11) is 0. The Bertz CT molecular complexity index is 1100. The molecule has 0 saturated carbocycles. The molecule has 3 aromatic rings. The van der Waals surface area contributed by atoms with Crippen molar-refractivity contribution in [1.29, 1.82) is 0 Å². The molecule has 2 atom stereocenters. The number of rotatable bonds is 6. The lowest BCUT2D eigenvalue weighted by Gasteiger charge is -2.22. The largest absolute Gasteiger partial charge is 0.459 e. The summed E-state index contributed by atoms with van der Waals surface area (Å²) in [5.74, 6) is -0.969. The van der Waals surface area contributed by atoms with E-state index in [4.69, 9.17) is 9.15 Å². The predicted molar refractivity (Wildman–Crippen MR) is 109 cm³/mol. The smallest absolute Gasteiger partial charge is 0.329 e. The second-order valence-electron chi connectivity index (χ2n) is 7.17. The zero-order valence-corrected chi connectivity index (χ0v) is 17.7. The Morgan fingerprint density at radius 3 is 2.62 bits per heavy atom. The molecule has 0 aromatic carbocycles. The average molecular weight is 417 g/mol. The van der Waals surface area contributed by atoms with Gasteiger partial charge in [-0.1, -0.05) is 13.8 Å². The molecule has 2 N–H and O–H groups in total. The lowest BCUT2D eigenvalue weighted by Crippen LogP contribution is -2.45. The number of H-pyrrole nitrogens is 1. The van der Waals surface area contributed by atoms with Crippen LogP contribution in [0.25, 0.3) is 10.2 Å². The van der Waals surface area contributed by atoms with Gasteiger partial charge in [-0.25, -0.2) is 9.78 Å². The highest BCUT2D eigenvalue weighted by Crippen LogP contribution is 2.27. The number of hydrogen-bond donors (Lipinski definition) is 2. The number of carbonyl (C=O) groups is 2. The molecule has 1 amide bonds. The molecule has 0 aliphatic rings. The minimum absolute atomic E-state index is 0.108. The zero-order valence-electron chi connectivity index (χ0n) is 16.9. The number of aryl methyl sites for hydroxylation is 2. The lowest BCUT2D eigenvalue weighted by atomic mass is 10.0. The number of carbonyl (C=O) groups excluding carboxylic acids is 2. The van der Waals surface area contributed by atoms with E-state index in [-0.39, 0.29) is 23.1 Å². The van der Waals surface area contributed by atoms with Crippen LogP contribution in [0.2, 0.25) is 0 Å². The fraction of sp³-hybridized carbons (Fsp3) is 0.400. The van der Waals surface area contributed by atoms with E-state index in [0.717, 1.165) is 10.4 Å². The second kappa shape index (κ2) is 8.20. The van der Waals surface area contributed by atoms with E-state index in [9.17, 15) is 14.4 Å². The summed E-state index contributed by atoms with van der Waals surface area (Å²) < 4.78 is 10.6. The molecule has 3 aromatic heterocycles. The summed E-state index contributed by atoms with van der Waals surface area (Å²) in [4.78, 5) is 46.2. The van der Waals surface area contributed by atoms with Gasteiger partial charge in [0.1, 0.15) is 10.9 Å². The maximum atomic E-state index is 12.7. The van der Waals surface area contributed by atoms with Crippen molar-refractivity contribution in [2.24, 2.45) is 5.92 Å². The van der Waals surface area contributed by atoms with Crippen LogP contribution in [0.4, 0.5) is 0 Å². The van der Waals surface area contributed by atoms with Gasteiger partial charge in [-0.3, -0.25) is 9.59 Å². The summed E-state index contributed by atoms with van der Waals surface area (Å²) in [5.41, 5.74) is 0.636. The molecule has 0 spiro atoms. The highest BCUT2D eigenvalue weighted by molar-refractivity contribution is 7.18. The average Bonchev–Trinajstić information content (AvgIpc) is 3.28. The van der Waals surface area contributed by atoms with Crippen molar-refractivity contribution >= 4 is 33.4 Å². The van der Waals surface area contributed by atoms with Gasteiger partial charge in [0.05, 0.1) is 11.6 Å². The Labute approximate surface area is 171 Å². The number of ether oxygens (including phenoxy) is 1. The van der Waals surface area contributed by atoms with Crippen molar-refractivity contribution in [2.75, 3.05) is 0 Å². The van der Waals surface area contributed by atoms with Gasteiger partial charge < -0.3 is 19.5 Å². The number of thiophene rings is 1. The monoisotopic (exact) mass is 417 g/mol. The van der Waals surface area contributed by atoms with E-state index in [1.165, 1.54) is 23.7 Å². The van der Waals surface area contributed by atoms with Gasteiger partial charge in [-0.05, 0) is 44.4 Å². The van der Waals surface area contributed by atoms with Crippen molar-refractivity contribution in [3.63, 3.8) is 0 Å². The van der Waals surface area contributed by atoms with E-state index in [2.05, 4.69) is 15.3 Å². The third-order valence-corrected chi connectivity index (χ3v) is 5.79. The maximum absolute atomic E-state index is 12.7. The van der Waals surface area contributed by atoms with Crippen LogP contribution >= 0.6 is 11.3 Å². The number of furan rings is 1. The molecule has 0 aliphatic carbocycles. The number of aromatic amines is 1. The minimum atomic E-state index is -0.878. The molecule has 154 valence electrons. The van der Waals surface area contributed by atoms with E-state index >= 15 is 0 Å². The number of nitrogens with zero attached hydrogens (tertiary/aromatic N) is 1. The van der Waals surface area contributed by atoms with Crippen molar-refractivity contribution in [3.05, 3.63) is 50.8 Å². The van der Waals surface area contributed by atoms with Crippen molar-refractivity contribution in [2.45, 2.75) is 46.8 Å². The van der Waals surface area contributed by atoms with Crippen LogP contribution in [0.5, 0.6) is 0 Å². The van der Waals surface area contributed by atoms with Crippen LogP contribution in [0.15, 0.2) is 27.6 Å². The lowest BCUT2D eigenvalue weighted by molar-refractivity contribution is -0.152. The molecule has 0 unspecified atom stereocenters. The molecular weight excluding hydrogens is 394 g/mol. The van der Waals surface area contributed by atoms with Crippen LogP contribution in [0, 0.1) is 19.8 Å². The fourth-order valence-corrected chi connectivity index (χ4v) is 3.92. The number of hydrogen-bond acceptors (Lipinski definition) is 7. The van der Waals surface area contributed by atoms with Crippen molar-refractivity contribution in [1.82, 2.24) is 15.3 Å². The van der Waals surface area contributed by atoms with E-state index in [0.29, 0.717) is 10.2 Å². The summed E-state index contributed by atoms with van der Waals surface area (Å²) in [6.07, 6.45) is 0.593. The number of amides is 1. The predicted octanol–water partition coefficient (Wildman–Crippen LogP) is 3.25. The molecule has 0 saturated heterocycles. The molecule has 3 heterocycles. The fourth-order valence-electron chi connectivity index (χ4n) is 2.89. The number of aromatic nitrogens is 2. The molecular formula is C20H23N3O5S. The van der Waals surface area contributed by atoms with Crippen LogP contribution in [0.1, 0.15) is 53.7 Å². The van der Waals surface area contributed by atoms with E-state index in [1.54, 1.807) is 26.8 Å². The Morgan fingerprint density at radius 1 is 1.28 bits per heavy atom. The van der Waals surface area contributed by atoms with E-state index < -0.39 is 24.0 Å². The molecule has 29 heavy (non-hydrogen) atoms. The third kappa shape index (κ3) is 4.24. The molecule has 0 bridgehead atoms. The number of nitrogens with one attached hydrogen (secondary N) is 2. The molecule has 9 heteroatoms. The molecule has 3 rings (SSSR count). The third-order valence-electron chi connectivity index (χ3n) is 4.69. The van der Waals surface area contributed by atoms with Crippen LogP contribution in [-0.4, -0.2) is 27.9 Å². The quantitative estimate of drug-likeness (QED) is 0.595. The Morgan fingerprint density at radius 2 is 2.00 bits per heavy atom. The van der Waals surface area contributed by atoms with Gasteiger partial charge in [0, 0.05) is 4.88 Å². The van der Waals surface area contributed by atoms with Gasteiger partial charge in [0.15, 0.2) is 17.7 Å². The molecule has 8 nitrogen and oxygen atoms in total. The van der Waals surface area contributed by atoms with Gasteiger partial charge in [-0.2, -0.15) is 0 Å². The van der Waals surface area contributed by atoms with Crippen LogP contribution in [0.3, 0.4) is 0 Å². The second-order valence-corrected chi connectivity index (χ2v) is 8.37. The SMILES string of the molecule is Cc1sc2nc([C@@H](C)OC(=O)[C@@H](NC(=O)c3ccco3)C(C)C)[nH]c(=O)c2c1C. The van der Waals surface area contributed by atoms with Crippen LogP contribution in [-0.2, 0) is 9.53 Å². The van der Waals surface area contributed by atoms with Gasteiger partial charge in [0.2, 0.25) is 0 Å². The molecule has 0 fully saturated rings. The summed E-state index contributed by atoms with van der Waals surface area (Å²) >= 11 is 1.42. The Hall–Kier alpha value is -2.94. The summed E-state index contributed by atoms with van der Waals surface area (Å²) in [6.45, 7) is 9.02. The first-order chi connectivity index (χ1) is 13.7. The van der Waals surface area contributed by atoms with Crippen molar-refractivity contribution in [3.8, 4) is 0 Å². The van der Waals surface area contributed by atoms with Crippen molar-refractivity contribution < 1.29 is 18.7 Å². The number of esters is 1. The standard InChI is InChI=1S/C20H23N3O5S/c1-9(2)15(21-17(24)13-7-6-8-27-13)20(26)28-11(4)16-22-18(25)14-10(3)12(5)29-19(14)23-16/h6-9,11,15H,1-5H3,(H,21,24)(H,22,23,25)/t11-,15+/m1/s1. The first-order valence-electron chi connectivity index (χ1n) is 9.23. The first kappa shape index (κ1) is 20.8. The summed E-state index contributed by atoms with van der Waals surface area (Å²) in [5, 5.41) is 3.19. The Balaban J connectivity index is 1.78. The molecule has 0 radical (unpaired) electrons. The highest BCUT2D eigenvalue weighted by Gasteiger charge is 2.29. The Kier molecular flexibility index (Phi) is 5.88. The maximum Gasteiger partial charge on any atom is 0.329 e. The van der Waals surface area contributed by atoms with Gasteiger partial charge in [-0.15, -0.1) is 11.3 Å². The van der Waals surface area contributed by atoms with E-state index in [1.807, 2.05) is 13.8 Å². The van der Waals surface area contributed by atoms with Gasteiger partial charge >= 0.3 is 5.97 Å². The van der Waals surface area contributed by atoms with Gasteiger partial charge in [0.25, 0.3) is 11.5 Å². The topological polar surface area (TPSA) is 114 Å². The molecule has 0 aliphatic heterocycles. The first-order valence-corrected chi connectivity index (χ1v) is 10.1. The van der Waals surface area contributed by atoms with Crippen LogP contribution < -0.4 is 10.9 Å². The zero-order chi connectivity index (χ0) is 21.3. The minimum Gasteiger partial charge on any atom is -0.459 e.